The number of piperidine rings is 1. The van der Waals surface area contributed by atoms with Crippen molar-refractivity contribution in [2.24, 2.45) is 5.92 Å². The van der Waals surface area contributed by atoms with Gasteiger partial charge < -0.3 is 9.84 Å². The highest BCUT2D eigenvalue weighted by Crippen LogP contribution is 2.29. The normalized spacial score (nSPS) is 23.7. The maximum Gasteiger partial charge on any atom is 0.322 e. The molecule has 1 aromatic rings. The van der Waals surface area contributed by atoms with Crippen molar-refractivity contribution in [1.82, 2.24) is 4.31 Å². The van der Waals surface area contributed by atoms with E-state index in [1.807, 2.05) is 6.92 Å². The topological polar surface area (TPSA) is 83.9 Å². The zero-order valence-electron chi connectivity index (χ0n) is 12.0. The van der Waals surface area contributed by atoms with Gasteiger partial charge in [-0.2, -0.15) is 4.31 Å². The molecule has 1 heterocycles. The van der Waals surface area contributed by atoms with Crippen LogP contribution in [0.15, 0.2) is 29.2 Å². The van der Waals surface area contributed by atoms with Crippen molar-refractivity contribution in [3.05, 3.63) is 24.3 Å². The molecule has 0 aliphatic carbocycles. The van der Waals surface area contributed by atoms with Crippen LogP contribution in [0.1, 0.15) is 19.8 Å². The van der Waals surface area contributed by atoms with Crippen LogP contribution in [0, 0.1) is 5.92 Å². The van der Waals surface area contributed by atoms with Gasteiger partial charge in [-0.25, -0.2) is 8.42 Å². The molecule has 0 saturated carbocycles. The van der Waals surface area contributed by atoms with E-state index in [0.717, 1.165) is 4.31 Å². The van der Waals surface area contributed by atoms with Gasteiger partial charge in [0.1, 0.15) is 11.8 Å². The van der Waals surface area contributed by atoms with Crippen molar-refractivity contribution >= 4 is 16.0 Å². The second-order valence-corrected chi connectivity index (χ2v) is 7.17. The first-order valence-corrected chi connectivity index (χ1v) is 8.19. The number of carboxylic acid groups (broad SMARTS) is 1. The van der Waals surface area contributed by atoms with Gasteiger partial charge in [0.15, 0.2) is 0 Å². The summed E-state index contributed by atoms with van der Waals surface area (Å²) >= 11 is 0. The molecule has 0 radical (unpaired) electrons. The molecule has 0 bridgehead atoms. The quantitative estimate of drug-likeness (QED) is 0.912. The van der Waals surface area contributed by atoms with Gasteiger partial charge in [0.25, 0.3) is 0 Å². The third kappa shape index (κ3) is 3.19. The molecule has 1 saturated heterocycles. The van der Waals surface area contributed by atoms with Crippen LogP contribution in [0.25, 0.3) is 0 Å². The van der Waals surface area contributed by atoms with Crippen molar-refractivity contribution in [3.8, 4) is 5.75 Å². The van der Waals surface area contributed by atoms with Gasteiger partial charge in [0, 0.05) is 6.54 Å². The number of methoxy groups -OCH3 is 1. The van der Waals surface area contributed by atoms with Gasteiger partial charge in [0.2, 0.25) is 10.0 Å². The number of hydrogen-bond donors (Lipinski definition) is 1. The molecule has 1 aliphatic heterocycles. The Labute approximate surface area is 124 Å². The van der Waals surface area contributed by atoms with E-state index in [4.69, 9.17) is 4.74 Å². The summed E-state index contributed by atoms with van der Waals surface area (Å²) in [5, 5.41) is 9.29. The molecular formula is C14H19NO5S. The lowest BCUT2D eigenvalue weighted by molar-refractivity contribution is -0.143. The highest BCUT2D eigenvalue weighted by Gasteiger charge is 2.39. The smallest absolute Gasteiger partial charge is 0.322 e. The van der Waals surface area contributed by atoms with E-state index >= 15 is 0 Å². The zero-order valence-corrected chi connectivity index (χ0v) is 12.8. The number of carboxylic acids is 1. The molecule has 1 aromatic carbocycles. The minimum Gasteiger partial charge on any atom is -0.497 e. The molecule has 2 rings (SSSR count). The number of carbonyl (C=O) groups is 1. The summed E-state index contributed by atoms with van der Waals surface area (Å²) in [5.41, 5.74) is 0. The monoisotopic (exact) mass is 313 g/mol. The van der Waals surface area contributed by atoms with Crippen molar-refractivity contribution in [2.75, 3.05) is 13.7 Å². The van der Waals surface area contributed by atoms with Gasteiger partial charge >= 0.3 is 5.97 Å². The minimum absolute atomic E-state index is 0.0871. The predicted molar refractivity (Wildman–Crippen MR) is 76.7 cm³/mol. The fourth-order valence-electron chi connectivity index (χ4n) is 2.51. The maximum absolute atomic E-state index is 12.6. The number of rotatable bonds is 4. The summed E-state index contributed by atoms with van der Waals surface area (Å²) in [4.78, 5) is 11.4. The fourth-order valence-corrected chi connectivity index (χ4v) is 4.12. The van der Waals surface area contributed by atoms with Crippen LogP contribution in [0.2, 0.25) is 0 Å². The fraction of sp³-hybridized carbons (Fsp3) is 0.500. The Morgan fingerprint density at radius 1 is 1.33 bits per heavy atom. The van der Waals surface area contributed by atoms with Crippen molar-refractivity contribution in [3.63, 3.8) is 0 Å². The molecule has 1 fully saturated rings. The van der Waals surface area contributed by atoms with Crippen molar-refractivity contribution in [1.29, 1.82) is 0 Å². The third-order valence-electron chi connectivity index (χ3n) is 3.77. The van der Waals surface area contributed by atoms with Crippen molar-refractivity contribution in [2.45, 2.75) is 30.7 Å². The highest BCUT2D eigenvalue weighted by molar-refractivity contribution is 7.89. The van der Waals surface area contributed by atoms with E-state index in [1.165, 1.54) is 19.2 Å². The van der Waals surface area contributed by atoms with E-state index in [0.29, 0.717) is 18.6 Å². The van der Waals surface area contributed by atoms with Gasteiger partial charge in [-0.3, -0.25) is 4.79 Å². The second-order valence-electron chi connectivity index (χ2n) is 5.27. The summed E-state index contributed by atoms with van der Waals surface area (Å²) in [5.74, 6) is -0.344. The molecule has 2 atom stereocenters. The van der Waals surface area contributed by atoms with Gasteiger partial charge in [-0.15, -0.1) is 0 Å². The van der Waals surface area contributed by atoms with Crippen LogP contribution in [-0.4, -0.2) is 43.5 Å². The molecule has 2 unspecified atom stereocenters. The SMILES string of the molecule is COc1ccc(S(=O)(=O)N2CCC(C)CC2C(=O)O)cc1. The summed E-state index contributed by atoms with van der Waals surface area (Å²) < 4.78 is 31.4. The Bertz CT molecular complexity index is 611. The molecule has 21 heavy (non-hydrogen) atoms. The Kier molecular flexibility index (Phi) is 4.53. The minimum atomic E-state index is -3.81. The summed E-state index contributed by atoms with van der Waals surface area (Å²) in [6, 6.07) is 4.97. The molecule has 0 amide bonds. The lowest BCUT2D eigenvalue weighted by Gasteiger charge is -2.34. The number of benzene rings is 1. The van der Waals surface area contributed by atoms with Crippen LogP contribution in [0.3, 0.4) is 0 Å². The summed E-state index contributed by atoms with van der Waals surface area (Å²) in [7, 11) is -2.31. The van der Waals surface area contributed by atoms with Gasteiger partial charge in [-0.1, -0.05) is 6.92 Å². The van der Waals surface area contributed by atoms with Crippen LogP contribution in [0.5, 0.6) is 5.75 Å². The molecule has 116 valence electrons. The summed E-state index contributed by atoms with van der Waals surface area (Å²) in [6.07, 6.45) is 1.00. The molecule has 1 aliphatic rings. The Morgan fingerprint density at radius 2 is 1.95 bits per heavy atom. The number of ether oxygens (including phenoxy) is 1. The number of nitrogens with zero attached hydrogens (tertiary/aromatic N) is 1. The summed E-state index contributed by atoms with van der Waals surface area (Å²) in [6.45, 7) is 2.17. The van der Waals surface area contributed by atoms with Gasteiger partial charge in [-0.05, 0) is 43.0 Å². The average molecular weight is 313 g/mol. The first kappa shape index (κ1) is 15.8. The highest BCUT2D eigenvalue weighted by atomic mass is 32.2. The van der Waals surface area contributed by atoms with E-state index < -0.39 is 22.0 Å². The van der Waals surface area contributed by atoms with Crippen LogP contribution >= 0.6 is 0 Å². The lowest BCUT2D eigenvalue weighted by Crippen LogP contribution is -2.49. The molecule has 6 nitrogen and oxygen atoms in total. The molecular weight excluding hydrogens is 294 g/mol. The Morgan fingerprint density at radius 3 is 2.48 bits per heavy atom. The van der Waals surface area contributed by atoms with E-state index in [-0.39, 0.29) is 17.4 Å². The average Bonchev–Trinajstić information content (AvgIpc) is 2.47. The molecule has 7 heteroatoms. The van der Waals surface area contributed by atoms with E-state index in [2.05, 4.69) is 0 Å². The zero-order chi connectivity index (χ0) is 15.6. The third-order valence-corrected chi connectivity index (χ3v) is 5.69. The standard InChI is InChI=1S/C14H19NO5S/c1-10-7-8-15(13(9-10)14(16)17)21(18,19)12-5-3-11(20-2)4-6-12/h3-6,10,13H,7-9H2,1-2H3,(H,16,17). The Hall–Kier alpha value is -1.60. The maximum atomic E-state index is 12.6. The number of hydrogen-bond acceptors (Lipinski definition) is 4. The Balaban J connectivity index is 2.34. The molecule has 1 N–H and O–H groups in total. The molecule has 0 spiro atoms. The first-order valence-electron chi connectivity index (χ1n) is 6.75. The van der Waals surface area contributed by atoms with Gasteiger partial charge in [0.05, 0.1) is 12.0 Å². The van der Waals surface area contributed by atoms with E-state index in [1.54, 1.807) is 12.1 Å². The number of sulfonamides is 1. The van der Waals surface area contributed by atoms with Crippen molar-refractivity contribution < 1.29 is 23.1 Å². The van der Waals surface area contributed by atoms with E-state index in [9.17, 15) is 18.3 Å². The lowest BCUT2D eigenvalue weighted by atomic mass is 9.94. The first-order chi connectivity index (χ1) is 9.86. The van der Waals surface area contributed by atoms with Crippen LogP contribution in [-0.2, 0) is 14.8 Å². The largest absolute Gasteiger partial charge is 0.497 e. The van der Waals surface area contributed by atoms with Crippen LogP contribution in [0.4, 0.5) is 0 Å². The van der Waals surface area contributed by atoms with Crippen LogP contribution < -0.4 is 4.74 Å². The number of aliphatic carboxylic acids is 1. The molecule has 0 aromatic heterocycles. The second kappa shape index (κ2) is 6.03. The predicted octanol–water partition coefficient (Wildman–Crippen LogP) is 1.57.